The maximum atomic E-state index is 13.6. The van der Waals surface area contributed by atoms with Crippen molar-refractivity contribution in [2.24, 2.45) is 11.8 Å². The highest BCUT2D eigenvalue weighted by Gasteiger charge is 2.70. The van der Waals surface area contributed by atoms with Crippen LogP contribution in [-0.2, 0) is 24.5 Å². The lowest BCUT2D eigenvalue weighted by molar-refractivity contribution is -0.169. The Morgan fingerprint density at radius 3 is 2.03 bits per heavy atom. The molecule has 6 heteroatoms. The molecule has 1 fully saturated rings. The average Bonchev–Trinajstić information content (AvgIpc) is 3.01. The summed E-state index contributed by atoms with van der Waals surface area (Å²) in [4.78, 5) is 28.2. The molecule has 2 atom stereocenters. The van der Waals surface area contributed by atoms with E-state index in [0.29, 0.717) is 0 Å². The minimum Gasteiger partial charge on any atom is -0.395 e. The summed E-state index contributed by atoms with van der Waals surface area (Å²) in [5.74, 6) is -1.86. The molecule has 0 spiro atoms. The highest BCUT2D eigenvalue weighted by Crippen LogP contribution is 2.65. The van der Waals surface area contributed by atoms with Crippen molar-refractivity contribution in [3.8, 4) is 0 Å². The molecule has 2 bridgehead atoms. The van der Waals surface area contributed by atoms with Gasteiger partial charge in [-0.05, 0) is 22.3 Å². The Bertz CT molecular complexity index is 951. The molecule has 0 radical (unpaired) electrons. The molecule has 4 aliphatic rings. The predicted molar refractivity (Wildman–Crippen MR) is 104 cm³/mol. The lowest BCUT2D eigenvalue weighted by Crippen LogP contribution is -2.60. The molecule has 2 unspecified atom stereocenters. The summed E-state index contributed by atoms with van der Waals surface area (Å²) in [6, 6.07) is 15.9. The summed E-state index contributed by atoms with van der Waals surface area (Å²) in [5.41, 5.74) is 3.10. The van der Waals surface area contributed by atoms with Gasteiger partial charge in [-0.2, -0.15) is 0 Å². The zero-order valence-electron chi connectivity index (χ0n) is 16.4. The minimum atomic E-state index is -0.937. The Balaban J connectivity index is 1.89. The molecule has 0 saturated carbocycles. The molecule has 1 heterocycles. The van der Waals surface area contributed by atoms with Crippen LogP contribution in [-0.4, -0.2) is 55.5 Å². The third-order valence-corrected chi connectivity index (χ3v) is 6.90. The van der Waals surface area contributed by atoms with Crippen LogP contribution in [0, 0.1) is 11.8 Å². The van der Waals surface area contributed by atoms with Crippen LogP contribution in [0.2, 0.25) is 0 Å². The maximum absolute atomic E-state index is 13.6. The van der Waals surface area contributed by atoms with Gasteiger partial charge in [0.2, 0.25) is 11.8 Å². The van der Waals surface area contributed by atoms with Gasteiger partial charge in [0.1, 0.15) is 0 Å². The summed E-state index contributed by atoms with van der Waals surface area (Å²) in [7, 11) is 3.13. The van der Waals surface area contributed by atoms with E-state index in [9.17, 15) is 14.7 Å². The molecule has 2 amide bonds. The number of hydrogen-bond acceptors (Lipinski definition) is 5. The van der Waals surface area contributed by atoms with Crippen molar-refractivity contribution in [3.63, 3.8) is 0 Å². The number of rotatable bonds is 5. The summed E-state index contributed by atoms with van der Waals surface area (Å²) in [5, 5.41) is 9.46. The van der Waals surface area contributed by atoms with Crippen molar-refractivity contribution in [3.05, 3.63) is 70.8 Å². The quantitative estimate of drug-likeness (QED) is 0.618. The molecule has 0 aromatic heterocycles. The van der Waals surface area contributed by atoms with E-state index in [1.165, 1.54) is 4.90 Å². The first kappa shape index (κ1) is 18.5. The molecular weight excluding hydrogens is 370 g/mol. The lowest BCUT2D eigenvalue weighted by Gasteiger charge is -2.56. The molecule has 3 aliphatic carbocycles. The summed E-state index contributed by atoms with van der Waals surface area (Å²) in [6.45, 7) is -0.253. The van der Waals surface area contributed by atoms with Crippen LogP contribution < -0.4 is 0 Å². The average molecular weight is 393 g/mol. The number of β-amino-alcohol motifs (C(OH)–C–C–N with tert-alkyl or cyclic N) is 1. The molecule has 1 saturated heterocycles. The maximum Gasteiger partial charge on any atom is 0.234 e. The Morgan fingerprint density at radius 2 is 1.52 bits per heavy atom. The number of imide groups is 1. The first-order valence-electron chi connectivity index (χ1n) is 9.83. The third kappa shape index (κ3) is 2.06. The van der Waals surface area contributed by atoms with Gasteiger partial charge in [0.15, 0.2) is 6.29 Å². The number of aliphatic hydroxyl groups is 1. The van der Waals surface area contributed by atoms with Crippen LogP contribution in [0.4, 0.5) is 0 Å². The van der Waals surface area contributed by atoms with E-state index in [2.05, 4.69) is 0 Å². The van der Waals surface area contributed by atoms with Gasteiger partial charge in [-0.15, -0.1) is 0 Å². The molecule has 2 aromatic rings. The van der Waals surface area contributed by atoms with Gasteiger partial charge >= 0.3 is 0 Å². The second-order valence-electron chi connectivity index (χ2n) is 7.88. The van der Waals surface area contributed by atoms with Crippen LogP contribution in [0.5, 0.6) is 0 Å². The molecule has 1 N–H and O–H groups in total. The number of amides is 2. The molecular formula is C23H23NO5. The van der Waals surface area contributed by atoms with E-state index in [1.54, 1.807) is 14.2 Å². The Labute approximate surface area is 169 Å². The van der Waals surface area contributed by atoms with Gasteiger partial charge in [-0.3, -0.25) is 14.5 Å². The number of nitrogens with zero attached hydrogens (tertiary/aromatic N) is 1. The number of hydrogen-bond donors (Lipinski definition) is 1. The molecule has 150 valence electrons. The van der Waals surface area contributed by atoms with E-state index in [0.717, 1.165) is 22.3 Å². The number of likely N-dealkylation sites (tertiary alicyclic amines) is 1. The van der Waals surface area contributed by atoms with Gasteiger partial charge in [0, 0.05) is 20.1 Å². The van der Waals surface area contributed by atoms with Gasteiger partial charge in [-0.25, -0.2) is 0 Å². The number of carbonyl (C=O) groups is 2. The predicted octanol–water partition coefficient (Wildman–Crippen LogP) is 1.64. The van der Waals surface area contributed by atoms with Gasteiger partial charge in [-0.1, -0.05) is 48.5 Å². The van der Waals surface area contributed by atoms with E-state index < -0.39 is 23.5 Å². The Hall–Kier alpha value is -2.54. The van der Waals surface area contributed by atoms with E-state index >= 15 is 0 Å². The molecule has 2 aromatic carbocycles. The van der Waals surface area contributed by atoms with Crippen LogP contribution in [0.1, 0.15) is 28.2 Å². The normalized spacial score (nSPS) is 29.2. The second kappa shape index (κ2) is 6.49. The Kier molecular flexibility index (Phi) is 4.13. The van der Waals surface area contributed by atoms with Crippen molar-refractivity contribution in [2.75, 3.05) is 27.4 Å². The van der Waals surface area contributed by atoms with Gasteiger partial charge in [0.05, 0.1) is 30.4 Å². The van der Waals surface area contributed by atoms with E-state index in [-0.39, 0.29) is 30.9 Å². The molecule has 6 nitrogen and oxygen atoms in total. The number of methoxy groups -OCH3 is 2. The number of ether oxygens (including phenoxy) is 2. The third-order valence-electron chi connectivity index (χ3n) is 6.90. The highest BCUT2D eigenvalue weighted by atomic mass is 16.7. The van der Waals surface area contributed by atoms with Crippen molar-refractivity contribution < 1.29 is 24.2 Å². The van der Waals surface area contributed by atoms with Crippen molar-refractivity contribution >= 4 is 11.8 Å². The number of carbonyl (C=O) groups excluding carboxylic acids is 2. The number of benzene rings is 2. The lowest BCUT2D eigenvalue weighted by atomic mass is 9.47. The fourth-order valence-corrected chi connectivity index (χ4v) is 6.08. The Morgan fingerprint density at radius 1 is 0.966 bits per heavy atom. The smallest absolute Gasteiger partial charge is 0.234 e. The van der Waals surface area contributed by atoms with Crippen LogP contribution in [0.15, 0.2) is 48.5 Å². The first-order chi connectivity index (χ1) is 14.1. The second-order valence-corrected chi connectivity index (χ2v) is 7.88. The topological polar surface area (TPSA) is 76.1 Å². The van der Waals surface area contributed by atoms with Crippen molar-refractivity contribution in [1.29, 1.82) is 0 Å². The standard InChI is InChI=1S/C23H23NO5/c1-28-22(29-2)23-15-9-5-3-7-13(15)17(14-8-4-6-10-16(14)23)18-19(23)21(27)24(11-12-25)20(18)26/h3-10,17-19,22,25H,11-12H2,1-2H3. The van der Waals surface area contributed by atoms with Crippen LogP contribution >= 0.6 is 0 Å². The van der Waals surface area contributed by atoms with Crippen LogP contribution in [0.3, 0.4) is 0 Å². The summed E-state index contributed by atoms with van der Waals surface area (Å²) in [6.07, 6.45) is -0.746. The van der Waals surface area contributed by atoms with E-state index in [1.807, 2.05) is 48.5 Å². The zero-order valence-corrected chi connectivity index (χ0v) is 16.4. The highest BCUT2D eigenvalue weighted by molar-refractivity contribution is 6.08. The molecule has 6 rings (SSSR count). The fourth-order valence-electron chi connectivity index (χ4n) is 6.08. The first-order valence-corrected chi connectivity index (χ1v) is 9.83. The molecule has 1 aliphatic heterocycles. The minimum absolute atomic E-state index is 0.00475. The summed E-state index contributed by atoms with van der Waals surface area (Å²) < 4.78 is 11.6. The largest absolute Gasteiger partial charge is 0.395 e. The summed E-state index contributed by atoms with van der Waals surface area (Å²) >= 11 is 0. The van der Waals surface area contributed by atoms with Crippen molar-refractivity contribution in [2.45, 2.75) is 17.6 Å². The van der Waals surface area contributed by atoms with Gasteiger partial charge < -0.3 is 14.6 Å². The molecule has 29 heavy (non-hydrogen) atoms. The fraction of sp³-hybridized carbons (Fsp3) is 0.391. The van der Waals surface area contributed by atoms with Gasteiger partial charge in [0.25, 0.3) is 0 Å². The monoisotopic (exact) mass is 393 g/mol. The van der Waals surface area contributed by atoms with Crippen molar-refractivity contribution in [1.82, 2.24) is 4.90 Å². The number of aliphatic hydroxyl groups excluding tert-OH is 1. The van der Waals surface area contributed by atoms with E-state index in [4.69, 9.17) is 9.47 Å². The van der Waals surface area contributed by atoms with Crippen LogP contribution in [0.25, 0.3) is 0 Å². The SMILES string of the molecule is COC(OC)C12c3ccccc3C(c3ccccc31)C1C(=O)N(CCO)C(=O)C12. The zero-order chi connectivity index (χ0) is 20.3.